The van der Waals surface area contributed by atoms with Crippen LogP contribution in [-0.2, 0) is 20.9 Å². The summed E-state index contributed by atoms with van der Waals surface area (Å²) in [4.78, 5) is 22.2. The second-order valence-corrected chi connectivity index (χ2v) is 3.52. The van der Waals surface area contributed by atoms with Crippen LogP contribution in [0.2, 0.25) is 0 Å². The number of methoxy groups -OCH3 is 1. The quantitative estimate of drug-likeness (QED) is 0.779. The third-order valence-corrected chi connectivity index (χ3v) is 2.17. The maximum Gasteiger partial charge on any atom is 0.325 e. The number of carbonyl (C=O) groups excluding carboxylic acids is 2. The van der Waals surface area contributed by atoms with Crippen LogP contribution in [0, 0.1) is 6.92 Å². The number of alkyl halides is 2. The SMILES string of the molecule is COC(=O)CNC(=O)Cn1nc(C(F)F)cc1C. The fourth-order valence-electron chi connectivity index (χ4n) is 1.24. The number of hydrogen-bond acceptors (Lipinski definition) is 4. The minimum Gasteiger partial charge on any atom is -0.468 e. The summed E-state index contributed by atoms with van der Waals surface area (Å²) in [5.74, 6) is -1.10. The number of carbonyl (C=O) groups is 2. The van der Waals surface area contributed by atoms with E-state index in [0.29, 0.717) is 5.69 Å². The van der Waals surface area contributed by atoms with Gasteiger partial charge < -0.3 is 10.1 Å². The molecule has 0 atom stereocenters. The molecule has 100 valence electrons. The van der Waals surface area contributed by atoms with Crippen molar-refractivity contribution >= 4 is 11.9 Å². The van der Waals surface area contributed by atoms with Gasteiger partial charge >= 0.3 is 5.97 Å². The smallest absolute Gasteiger partial charge is 0.325 e. The Morgan fingerprint density at radius 3 is 2.72 bits per heavy atom. The molecule has 0 unspecified atom stereocenters. The van der Waals surface area contributed by atoms with E-state index in [9.17, 15) is 18.4 Å². The highest BCUT2D eigenvalue weighted by Gasteiger charge is 2.15. The van der Waals surface area contributed by atoms with E-state index in [2.05, 4.69) is 15.2 Å². The first-order valence-corrected chi connectivity index (χ1v) is 5.10. The number of halogens is 2. The molecule has 1 heterocycles. The molecular formula is C10H13F2N3O3. The van der Waals surface area contributed by atoms with Crippen LogP contribution in [0.4, 0.5) is 8.78 Å². The molecular weight excluding hydrogens is 248 g/mol. The molecule has 0 aliphatic carbocycles. The Kier molecular flexibility index (Phi) is 4.75. The molecule has 0 spiro atoms. The largest absolute Gasteiger partial charge is 0.468 e. The van der Waals surface area contributed by atoms with Gasteiger partial charge in [-0.15, -0.1) is 0 Å². The first kappa shape index (κ1) is 14.1. The number of nitrogens with one attached hydrogen (secondary N) is 1. The van der Waals surface area contributed by atoms with Crippen molar-refractivity contribution in [2.24, 2.45) is 0 Å². The van der Waals surface area contributed by atoms with E-state index in [1.165, 1.54) is 13.2 Å². The van der Waals surface area contributed by atoms with Crippen molar-refractivity contribution in [2.45, 2.75) is 19.9 Å². The Hall–Kier alpha value is -1.99. The van der Waals surface area contributed by atoms with Crippen molar-refractivity contribution in [3.05, 3.63) is 17.5 Å². The number of rotatable bonds is 5. The van der Waals surface area contributed by atoms with Crippen LogP contribution < -0.4 is 5.32 Å². The lowest BCUT2D eigenvalue weighted by atomic mass is 10.4. The van der Waals surface area contributed by atoms with Gasteiger partial charge in [-0.3, -0.25) is 14.3 Å². The number of hydrogen-bond donors (Lipinski definition) is 1. The molecule has 0 saturated carbocycles. The van der Waals surface area contributed by atoms with Crippen LogP contribution in [0.15, 0.2) is 6.07 Å². The number of aromatic nitrogens is 2. The van der Waals surface area contributed by atoms with E-state index in [4.69, 9.17) is 0 Å². The lowest BCUT2D eigenvalue weighted by Gasteiger charge is -2.05. The fraction of sp³-hybridized carbons (Fsp3) is 0.500. The van der Waals surface area contributed by atoms with E-state index >= 15 is 0 Å². The average Bonchev–Trinajstić information content (AvgIpc) is 2.68. The fourth-order valence-corrected chi connectivity index (χ4v) is 1.24. The summed E-state index contributed by atoms with van der Waals surface area (Å²) in [6, 6.07) is 1.21. The van der Waals surface area contributed by atoms with E-state index in [-0.39, 0.29) is 18.8 Å². The molecule has 8 heteroatoms. The third kappa shape index (κ3) is 3.79. The first-order valence-electron chi connectivity index (χ1n) is 5.10. The molecule has 1 aromatic heterocycles. The van der Waals surface area contributed by atoms with Crippen molar-refractivity contribution in [1.29, 1.82) is 0 Å². The Bertz CT molecular complexity index is 446. The molecule has 6 nitrogen and oxygen atoms in total. The van der Waals surface area contributed by atoms with Crippen LogP contribution in [0.5, 0.6) is 0 Å². The monoisotopic (exact) mass is 261 g/mol. The van der Waals surface area contributed by atoms with E-state index in [0.717, 1.165) is 4.68 Å². The van der Waals surface area contributed by atoms with E-state index in [1.54, 1.807) is 6.92 Å². The Labute approximate surface area is 102 Å². The lowest BCUT2D eigenvalue weighted by Crippen LogP contribution is -2.33. The van der Waals surface area contributed by atoms with Crippen LogP contribution in [0.3, 0.4) is 0 Å². The standard InChI is InChI=1S/C10H13F2N3O3/c1-6-3-7(10(11)12)14-15(6)5-8(16)13-4-9(17)18-2/h3,10H,4-5H2,1-2H3,(H,13,16). The minimum absolute atomic E-state index is 0.227. The van der Waals surface area contributed by atoms with E-state index in [1.807, 2.05) is 0 Å². The highest BCUT2D eigenvalue weighted by atomic mass is 19.3. The topological polar surface area (TPSA) is 73.2 Å². The summed E-state index contributed by atoms with van der Waals surface area (Å²) >= 11 is 0. The molecule has 18 heavy (non-hydrogen) atoms. The van der Waals surface area contributed by atoms with Crippen LogP contribution in [0.25, 0.3) is 0 Å². The van der Waals surface area contributed by atoms with Gasteiger partial charge in [0.2, 0.25) is 5.91 Å². The van der Waals surface area contributed by atoms with Gasteiger partial charge in [0, 0.05) is 5.69 Å². The summed E-state index contributed by atoms with van der Waals surface area (Å²) in [6.45, 7) is 1.07. The Morgan fingerprint density at radius 1 is 1.56 bits per heavy atom. The van der Waals surface area contributed by atoms with Gasteiger partial charge in [-0.25, -0.2) is 8.78 Å². The second kappa shape index (κ2) is 6.08. The minimum atomic E-state index is -2.68. The third-order valence-electron chi connectivity index (χ3n) is 2.17. The molecule has 1 N–H and O–H groups in total. The Morgan fingerprint density at radius 2 is 2.22 bits per heavy atom. The van der Waals surface area contributed by atoms with Crippen LogP contribution >= 0.6 is 0 Å². The number of ether oxygens (including phenoxy) is 1. The number of amides is 1. The molecule has 1 aromatic rings. The van der Waals surface area contributed by atoms with Gasteiger partial charge in [-0.2, -0.15) is 5.10 Å². The normalized spacial score (nSPS) is 10.5. The van der Waals surface area contributed by atoms with Crippen molar-refractivity contribution in [2.75, 3.05) is 13.7 Å². The van der Waals surface area contributed by atoms with Gasteiger partial charge in [0.25, 0.3) is 6.43 Å². The molecule has 0 aliphatic heterocycles. The zero-order valence-corrected chi connectivity index (χ0v) is 9.94. The first-order chi connectivity index (χ1) is 8.43. The zero-order chi connectivity index (χ0) is 13.7. The summed E-state index contributed by atoms with van der Waals surface area (Å²) in [5.41, 5.74) is 0.0618. The molecule has 0 aliphatic rings. The Balaban J connectivity index is 2.56. The predicted octanol–water partition coefficient (Wildman–Crippen LogP) is 0.418. The van der Waals surface area contributed by atoms with Gasteiger partial charge in [-0.05, 0) is 13.0 Å². The van der Waals surface area contributed by atoms with Crippen LogP contribution in [-0.4, -0.2) is 35.3 Å². The van der Waals surface area contributed by atoms with Crippen molar-refractivity contribution < 1.29 is 23.1 Å². The molecule has 1 rings (SSSR count). The summed E-state index contributed by atoms with van der Waals surface area (Å²) < 4.78 is 30.2. The van der Waals surface area contributed by atoms with Crippen LogP contribution in [0.1, 0.15) is 17.8 Å². The molecule has 1 amide bonds. The number of aryl methyl sites for hydroxylation is 1. The maximum atomic E-state index is 12.4. The molecule has 0 radical (unpaired) electrons. The number of esters is 1. The van der Waals surface area contributed by atoms with Gasteiger partial charge in [-0.1, -0.05) is 0 Å². The lowest BCUT2D eigenvalue weighted by molar-refractivity contribution is -0.141. The second-order valence-electron chi connectivity index (χ2n) is 3.52. The summed E-state index contributed by atoms with van der Waals surface area (Å²) in [5, 5.41) is 5.87. The average molecular weight is 261 g/mol. The predicted molar refractivity (Wildman–Crippen MR) is 56.9 cm³/mol. The van der Waals surface area contributed by atoms with Crippen molar-refractivity contribution in [1.82, 2.24) is 15.1 Å². The van der Waals surface area contributed by atoms with Crippen molar-refractivity contribution in [3.63, 3.8) is 0 Å². The number of nitrogens with zero attached hydrogens (tertiary/aromatic N) is 2. The van der Waals surface area contributed by atoms with E-state index < -0.39 is 18.3 Å². The highest BCUT2D eigenvalue weighted by Crippen LogP contribution is 2.17. The molecule has 0 bridgehead atoms. The maximum absolute atomic E-state index is 12.4. The van der Waals surface area contributed by atoms with Gasteiger partial charge in [0.15, 0.2) is 0 Å². The highest BCUT2D eigenvalue weighted by molar-refractivity contribution is 5.81. The van der Waals surface area contributed by atoms with Gasteiger partial charge in [0.05, 0.1) is 7.11 Å². The zero-order valence-electron chi connectivity index (χ0n) is 9.94. The summed E-state index contributed by atoms with van der Waals surface area (Å²) in [7, 11) is 1.20. The van der Waals surface area contributed by atoms with Gasteiger partial charge in [0.1, 0.15) is 18.8 Å². The molecule has 0 fully saturated rings. The summed E-state index contributed by atoms with van der Waals surface area (Å²) in [6.07, 6.45) is -2.68. The molecule has 0 saturated heterocycles. The molecule has 0 aromatic carbocycles. The van der Waals surface area contributed by atoms with Crippen molar-refractivity contribution in [3.8, 4) is 0 Å².